The van der Waals surface area contributed by atoms with E-state index in [0.717, 1.165) is 24.2 Å². The highest BCUT2D eigenvalue weighted by atomic mass is 32.2. The van der Waals surface area contributed by atoms with Gasteiger partial charge in [0.25, 0.3) is 0 Å². The second-order valence-corrected chi connectivity index (χ2v) is 8.53. The molecule has 0 radical (unpaired) electrons. The molecule has 1 aliphatic rings. The van der Waals surface area contributed by atoms with Crippen LogP contribution in [0.25, 0.3) is 0 Å². The largest absolute Gasteiger partial charge is 0.444 e. The third-order valence-electron chi connectivity index (χ3n) is 4.77. The van der Waals surface area contributed by atoms with Gasteiger partial charge in [0.15, 0.2) is 0 Å². The SMILES string of the molecule is O=S(=O)(c1cccnc1)N1CCCCC1c1ncc(Cc2ccccc2)o1. The molecule has 1 aliphatic heterocycles. The lowest BCUT2D eigenvalue weighted by molar-refractivity contribution is 0.216. The zero-order chi connectivity index (χ0) is 18.7. The van der Waals surface area contributed by atoms with Crippen LogP contribution in [-0.4, -0.2) is 29.2 Å². The molecular formula is C20H21N3O3S. The van der Waals surface area contributed by atoms with Crippen LogP contribution in [-0.2, 0) is 16.4 Å². The summed E-state index contributed by atoms with van der Waals surface area (Å²) in [5.41, 5.74) is 1.13. The predicted molar refractivity (Wildman–Crippen MR) is 100 cm³/mol. The van der Waals surface area contributed by atoms with Gasteiger partial charge >= 0.3 is 0 Å². The zero-order valence-electron chi connectivity index (χ0n) is 14.9. The molecule has 3 aromatic rings. The molecule has 0 aliphatic carbocycles. The van der Waals surface area contributed by atoms with Gasteiger partial charge in [0.05, 0.1) is 6.20 Å². The van der Waals surface area contributed by atoms with Crippen molar-refractivity contribution in [3.05, 3.63) is 78.3 Å². The fraction of sp³-hybridized carbons (Fsp3) is 0.300. The first kappa shape index (κ1) is 17.9. The maximum Gasteiger partial charge on any atom is 0.245 e. The highest BCUT2D eigenvalue weighted by Crippen LogP contribution is 2.35. The lowest BCUT2D eigenvalue weighted by atomic mass is 10.1. The van der Waals surface area contributed by atoms with Gasteiger partial charge in [-0.2, -0.15) is 4.31 Å². The van der Waals surface area contributed by atoms with E-state index in [1.54, 1.807) is 24.5 Å². The van der Waals surface area contributed by atoms with Gasteiger partial charge in [-0.25, -0.2) is 13.4 Å². The van der Waals surface area contributed by atoms with Crippen LogP contribution in [0.4, 0.5) is 0 Å². The highest BCUT2D eigenvalue weighted by Gasteiger charge is 2.37. The topological polar surface area (TPSA) is 76.3 Å². The van der Waals surface area contributed by atoms with Crippen molar-refractivity contribution in [2.75, 3.05) is 6.54 Å². The maximum absolute atomic E-state index is 13.1. The van der Waals surface area contributed by atoms with E-state index in [1.165, 1.54) is 10.5 Å². The summed E-state index contributed by atoms with van der Waals surface area (Å²) in [6, 6.07) is 12.8. The van der Waals surface area contributed by atoms with Crippen molar-refractivity contribution in [3.63, 3.8) is 0 Å². The van der Waals surface area contributed by atoms with Crippen LogP contribution in [0.15, 0.2) is 70.4 Å². The molecule has 0 amide bonds. The minimum absolute atomic E-state index is 0.202. The molecule has 0 N–H and O–H groups in total. The summed E-state index contributed by atoms with van der Waals surface area (Å²) in [6.45, 7) is 0.457. The summed E-state index contributed by atoms with van der Waals surface area (Å²) in [7, 11) is -3.64. The number of oxazole rings is 1. The molecule has 1 fully saturated rings. The van der Waals surface area contributed by atoms with Crippen molar-refractivity contribution in [2.45, 2.75) is 36.6 Å². The molecule has 1 aromatic carbocycles. The molecule has 140 valence electrons. The Kier molecular flexibility index (Phi) is 5.05. The molecule has 1 unspecified atom stereocenters. The van der Waals surface area contributed by atoms with Gasteiger partial charge in [-0.3, -0.25) is 4.98 Å². The van der Waals surface area contributed by atoms with Gasteiger partial charge in [0, 0.05) is 25.4 Å². The summed E-state index contributed by atoms with van der Waals surface area (Å²) in [5, 5.41) is 0. The summed E-state index contributed by atoms with van der Waals surface area (Å²) < 4.78 is 33.6. The number of piperidine rings is 1. The van der Waals surface area contributed by atoms with Crippen LogP contribution in [0.3, 0.4) is 0 Å². The standard InChI is InChI=1S/C20H21N3O3S/c24-27(25,18-9-6-11-21-15-18)23-12-5-4-10-19(23)20-22-14-17(26-20)13-16-7-2-1-3-8-16/h1-3,6-9,11,14-15,19H,4-5,10,12-13H2. The van der Waals surface area contributed by atoms with E-state index in [4.69, 9.17) is 4.42 Å². The number of pyridine rings is 1. The Balaban J connectivity index is 1.60. The molecule has 0 saturated carbocycles. The van der Waals surface area contributed by atoms with E-state index in [0.29, 0.717) is 25.3 Å². The Morgan fingerprint density at radius 3 is 2.70 bits per heavy atom. The van der Waals surface area contributed by atoms with Crippen molar-refractivity contribution in [2.24, 2.45) is 0 Å². The van der Waals surface area contributed by atoms with Crippen molar-refractivity contribution < 1.29 is 12.8 Å². The van der Waals surface area contributed by atoms with Crippen LogP contribution in [0, 0.1) is 0 Å². The van der Waals surface area contributed by atoms with Crippen LogP contribution < -0.4 is 0 Å². The Hall–Kier alpha value is -2.51. The number of hydrogen-bond donors (Lipinski definition) is 0. The summed E-state index contributed by atoms with van der Waals surface area (Å²) in [6.07, 6.45) is 7.76. The number of benzene rings is 1. The quantitative estimate of drug-likeness (QED) is 0.673. The summed E-state index contributed by atoms with van der Waals surface area (Å²) in [5.74, 6) is 1.20. The fourth-order valence-electron chi connectivity index (χ4n) is 3.43. The summed E-state index contributed by atoms with van der Waals surface area (Å²) >= 11 is 0. The number of hydrogen-bond acceptors (Lipinski definition) is 5. The first-order valence-corrected chi connectivity index (χ1v) is 10.5. The molecule has 1 atom stereocenters. The van der Waals surface area contributed by atoms with E-state index >= 15 is 0 Å². The third kappa shape index (κ3) is 3.79. The van der Waals surface area contributed by atoms with E-state index in [1.807, 2.05) is 30.3 Å². The Labute approximate surface area is 158 Å². The van der Waals surface area contributed by atoms with E-state index in [-0.39, 0.29) is 10.9 Å². The van der Waals surface area contributed by atoms with Gasteiger partial charge in [0.2, 0.25) is 15.9 Å². The second-order valence-electron chi connectivity index (χ2n) is 6.64. The highest BCUT2D eigenvalue weighted by molar-refractivity contribution is 7.89. The predicted octanol–water partition coefficient (Wildman–Crippen LogP) is 3.58. The van der Waals surface area contributed by atoms with E-state index in [2.05, 4.69) is 9.97 Å². The van der Waals surface area contributed by atoms with Crippen molar-refractivity contribution in [3.8, 4) is 0 Å². The van der Waals surface area contributed by atoms with E-state index < -0.39 is 10.0 Å². The number of rotatable bonds is 5. The van der Waals surface area contributed by atoms with Crippen molar-refractivity contribution in [1.29, 1.82) is 0 Å². The Morgan fingerprint density at radius 1 is 1.07 bits per heavy atom. The lowest BCUT2D eigenvalue weighted by Crippen LogP contribution is -2.38. The molecule has 27 heavy (non-hydrogen) atoms. The molecule has 0 bridgehead atoms. The molecule has 6 nitrogen and oxygen atoms in total. The van der Waals surface area contributed by atoms with E-state index in [9.17, 15) is 8.42 Å². The lowest BCUT2D eigenvalue weighted by Gasteiger charge is -2.32. The minimum atomic E-state index is -3.64. The van der Waals surface area contributed by atoms with Crippen molar-refractivity contribution >= 4 is 10.0 Å². The molecule has 3 heterocycles. The van der Waals surface area contributed by atoms with Gasteiger partial charge in [-0.05, 0) is 30.5 Å². The summed E-state index contributed by atoms with van der Waals surface area (Å²) in [4.78, 5) is 8.56. The van der Waals surface area contributed by atoms with Crippen LogP contribution in [0.5, 0.6) is 0 Å². The minimum Gasteiger partial charge on any atom is -0.444 e. The van der Waals surface area contributed by atoms with Gasteiger partial charge in [-0.15, -0.1) is 0 Å². The number of aromatic nitrogens is 2. The number of sulfonamides is 1. The Morgan fingerprint density at radius 2 is 1.93 bits per heavy atom. The molecule has 1 saturated heterocycles. The van der Waals surface area contributed by atoms with Crippen molar-refractivity contribution in [1.82, 2.24) is 14.3 Å². The van der Waals surface area contributed by atoms with Gasteiger partial charge < -0.3 is 4.42 Å². The molecule has 2 aromatic heterocycles. The maximum atomic E-state index is 13.1. The fourth-order valence-corrected chi connectivity index (χ4v) is 5.05. The number of nitrogens with zero attached hydrogens (tertiary/aromatic N) is 3. The van der Waals surface area contributed by atoms with Gasteiger partial charge in [0.1, 0.15) is 16.7 Å². The third-order valence-corrected chi connectivity index (χ3v) is 6.66. The molecule has 0 spiro atoms. The van der Waals surface area contributed by atoms with Gasteiger partial charge in [-0.1, -0.05) is 36.8 Å². The van der Waals surface area contributed by atoms with Crippen LogP contribution in [0.1, 0.15) is 42.5 Å². The monoisotopic (exact) mass is 383 g/mol. The first-order chi connectivity index (χ1) is 13.1. The smallest absolute Gasteiger partial charge is 0.245 e. The zero-order valence-corrected chi connectivity index (χ0v) is 15.7. The molecular weight excluding hydrogens is 362 g/mol. The molecule has 7 heteroatoms. The molecule has 4 rings (SSSR count). The first-order valence-electron chi connectivity index (χ1n) is 9.05. The van der Waals surface area contributed by atoms with Crippen LogP contribution >= 0.6 is 0 Å². The van der Waals surface area contributed by atoms with Crippen LogP contribution in [0.2, 0.25) is 0 Å². The average Bonchev–Trinajstić information content (AvgIpc) is 3.18. The normalized spacial score (nSPS) is 18.4. The Bertz CT molecular complexity index is 988. The second kappa shape index (κ2) is 7.62. The average molecular weight is 383 g/mol.